The topological polar surface area (TPSA) is 107 Å². The maximum Gasteiger partial charge on any atom is 0.319 e. The zero-order valence-corrected chi connectivity index (χ0v) is 29.2. The van der Waals surface area contributed by atoms with E-state index in [1.807, 2.05) is 26.2 Å². The SMILES string of the molecule is CO[C@]1(C)C[C@@H](C)CN(C)C(C2CN(Cc3cncnc3)C2)COC(=O)C(C)(C)C(=O)[C@H](C)[C@H]1O[C@H]1C[C@@H](N(C)C)C[C@@H](C)O1. The second-order valence-corrected chi connectivity index (χ2v) is 14.9. The minimum absolute atomic E-state index is 0.0182. The number of hydrogen-bond donors (Lipinski definition) is 0. The summed E-state index contributed by atoms with van der Waals surface area (Å²) in [6.45, 7) is 15.1. The van der Waals surface area contributed by atoms with Crippen LogP contribution in [0.1, 0.15) is 66.4 Å². The van der Waals surface area contributed by atoms with E-state index in [9.17, 15) is 9.59 Å². The summed E-state index contributed by atoms with van der Waals surface area (Å²) in [7, 11) is 7.95. The van der Waals surface area contributed by atoms with Crippen molar-refractivity contribution in [2.24, 2.45) is 23.2 Å². The minimum atomic E-state index is -1.36. The Balaban J connectivity index is 1.57. The van der Waals surface area contributed by atoms with Crippen LogP contribution in [-0.4, -0.2) is 127 Å². The molecule has 0 aliphatic carbocycles. The zero-order valence-electron chi connectivity index (χ0n) is 29.2. The number of methoxy groups -OCH3 is 1. The number of aromatic nitrogens is 2. The van der Waals surface area contributed by atoms with Crippen molar-refractivity contribution in [1.29, 1.82) is 0 Å². The number of ether oxygens (including phenoxy) is 4. The number of likely N-dealkylation sites (N-methyl/N-ethyl adjacent to an activating group) is 1. The van der Waals surface area contributed by atoms with Crippen LogP contribution < -0.4 is 0 Å². The van der Waals surface area contributed by atoms with Crippen molar-refractivity contribution in [3.05, 3.63) is 24.3 Å². The molecule has 8 atom stereocenters. The van der Waals surface area contributed by atoms with Crippen molar-refractivity contribution >= 4 is 11.8 Å². The molecule has 4 heterocycles. The van der Waals surface area contributed by atoms with Gasteiger partial charge in [0, 0.05) is 81.6 Å². The van der Waals surface area contributed by atoms with Crippen LogP contribution in [0, 0.1) is 23.2 Å². The Bertz CT molecular complexity index is 1130. The summed E-state index contributed by atoms with van der Waals surface area (Å²) in [5.41, 5.74) is -1.08. The number of rotatable bonds is 7. The quantitative estimate of drug-likeness (QED) is 0.327. The highest BCUT2D eigenvalue weighted by Gasteiger charge is 2.50. The van der Waals surface area contributed by atoms with Crippen molar-refractivity contribution < 1.29 is 28.5 Å². The summed E-state index contributed by atoms with van der Waals surface area (Å²) >= 11 is 0. The first-order valence-electron chi connectivity index (χ1n) is 16.5. The molecule has 3 aliphatic rings. The van der Waals surface area contributed by atoms with Gasteiger partial charge in [0.25, 0.3) is 0 Å². The summed E-state index contributed by atoms with van der Waals surface area (Å²) in [6, 6.07) is 0.317. The van der Waals surface area contributed by atoms with E-state index in [1.54, 1.807) is 27.3 Å². The molecule has 0 saturated carbocycles. The molecule has 0 spiro atoms. The van der Waals surface area contributed by atoms with E-state index < -0.39 is 35.3 Å². The monoisotopic (exact) mass is 631 g/mol. The number of ketones is 1. The molecular weight excluding hydrogens is 574 g/mol. The fourth-order valence-electron chi connectivity index (χ4n) is 7.66. The lowest BCUT2D eigenvalue weighted by Crippen LogP contribution is -2.58. The molecule has 0 aromatic carbocycles. The molecule has 0 amide bonds. The molecule has 45 heavy (non-hydrogen) atoms. The van der Waals surface area contributed by atoms with E-state index in [2.05, 4.69) is 59.7 Å². The predicted molar refractivity (Wildman–Crippen MR) is 171 cm³/mol. The third-order valence-corrected chi connectivity index (χ3v) is 10.4. The van der Waals surface area contributed by atoms with Crippen molar-refractivity contribution in [1.82, 2.24) is 24.7 Å². The lowest BCUT2D eigenvalue weighted by molar-refractivity contribution is -0.263. The lowest BCUT2D eigenvalue weighted by Gasteiger charge is -2.47. The van der Waals surface area contributed by atoms with Crippen LogP contribution in [0.2, 0.25) is 0 Å². The van der Waals surface area contributed by atoms with Gasteiger partial charge in [-0.2, -0.15) is 0 Å². The summed E-state index contributed by atoms with van der Waals surface area (Å²) in [6.07, 6.45) is 6.40. The smallest absolute Gasteiger partial charge is 0.319 e. The molecule has 11 heteroatoms. The highest BCUT2D eigenvalue weighted by Crippen LogP contribution is 2.38. The summed E-state index contributed by atoms with van der Waals surface area (Å²) in [4.78, 5) is 43.0. The van der Waals surface area contributed by atoms with Gasteiger partial charge in [-0.15, -0.1) is 0 Å². The Labute approximate surface area is 270 Å². The molecule has 11 nitrogen and oxygen atoms in total. The third-order valence-electron chi connectivity index (χ3n) is 10.4. The van der Waals surface area contributed by atoms with Gasteiger partial charge in [-0.05, 0) is 67.6 Å². The molecule has 3 aliphatic heterocycles. The van der Waals surface area contributed by atoms with E-state index in [-0.39, 0.29) is 30.5 Å². The normalized spacial score (nSPS) is 36.5. The standard InChI is InChI=1S/C34H57N5O6/c1-22-13-34(6,42-10)31(45-29-12-27(37(7)8)11-23(2)44-29)24(3)30(40)33(4,5)32(41)43-20-28(38(9)16-22)26-18-39(19-26)17-25-14-35-21-36-15-25/h14-15,21-24,26-29,31H,11-13,16-20H2,1-10H3/t22-,23-,24+,27+,28?,29+,31-,34-/m1/s1. The molecule has 4 rings (SSSR count). The molecule has 0 bridgehead atoms. The molecule has 254 valence electrons. The van der Waals surface area contributed by atoms with Gasteiger partial charge in [-0.3, -0.25) is 19.4 Å². The number of carbonyl (C=O) groups is 2. The van der Waals surface area contributed by atoms with Gasteiger partial charge in [-0.25, -0.2) is 9.97 Å². The number of nitrogens with zero attached hydrogens (tertiary/aromatic N) is 5. The molecule has 0 radical (unpaired) electrons. The van der Waals surface area contributed by atoms with E-state index in [0.717, 1.165) is 38.2 Å². The number of esters is 1. The van der Waals surface area contributed by atoms with Gasteiger partial charge >= 0.3 is 5.97 Å². The highest BCUT2D eigenvalue weighted by atomic mass is 16.7. The lowest BCUT2D eigenvalue weighted by atomic mass is 9.74. The van der Waals surface area contributed by atoms with Gasteiger partial charge in [-0.1, -0.05) is 13.8 Å². The molecule has 1 aromatic heterocycles. The zero-order chi connectivity index (χ0) is 33.1. The van der Waals surface area contributed by atoms with Crippen LogP contribution >= 0.6 is 0 Å². The van der Waals surface area contributed by atoms with Gasteiger partial charge in [0.2, 0.25) is 0 Å². The van der Waals surface area contributed by atoms with Crippen LogP contribution in [-0.2, 0) is 35.1 Å². The van der Waals surface area contributed by atoms with Crippen LogP contribution in [0.5, 0.6) is 0 Å². The summed E-state index contributed by atoms with van der Waals surface area (Å²) < 4.78 is 25.3. The average Bonchev–Trinajstić information content (AvgIpc) is 2.97. The van der Waals surface area contributed by atoms with Crippen LogP contribution in [0.4, 0.5) is 0 Å². The Hall–Kier alpha value is -2.02. The van der Waals surface area contributed by atoms with E-state index in [1.165, 1.54) is 0 Å². The molecule has 3 saturated heterocycles. The fraction of sp³-hybridized carbons (Fsp3) is 0.824. The molecule has 1 aromatic rings. The Morgan fingerprint density at radius 2 is 1.71 bits per heavy atom. The fourth-order valence-corrected chi connectivity index (χ4v) is 7.66. The van der Waals surface area contributed by atoms with E-state index in [4.69, 9.17) is 18.9 Å². The van der Waals surface area contributed by atoms with Gasteiger partial charge < -0.3 is 23.8 Å². The van der Waals surface area contributed by atoms with Crippen LogP contribution in [0.25, 0.3) is 0 Å². The third kappa shape index (κ3) is 8.48. The minimum Gasteiger partial charge on any atom is -0.463 e. The van der Waals surface area contributed by atoms with Gasteiger partial charge in [0.05, 0.1) is 17.8 Å². The maximum atomic E-state index is 14.2. The first-order chi connectivity index (χ1) is 21.1. The van der Waals surface area contributed by atoms with E-state index >= 15 is 0 Å². The van der Waals surface area contributed by atoms with Crippen molar-refractivity contribution in [3.63, 3.8) is 0 Å². The Morgan fingerprint density at radius 3 is 2.33 bits per heavy atom. The second-order valence-electron chi connectivity index (χ2n) is 14.9. The summed E-state index contributed by atoms with van der Waals surface area (Å²) in [5.74, 6) is -0.831. The molecule has 1 unspecified atom stereocenters. The number of cyclic esters (lactones) is 1. The van der Waals surface area contributed by atoms with Crippen molar-refractivity contribution in [2.75, 3.05) is 54.5 Å². The number of hydrogen-bond acceptors (Lipinski definition) is 11. The highest BCUT2D eigenvalue weighted by molar-refractivity contribution is 6.04. The van der Waals surface area contributed by atoms with E-state index in [0.29, 0.717) is 24.8 Å². The first kappa shape index (κ1) is 35.8. The average molecular weight is 632 g/mol. The summed E-state index contributed by atoms with van der Waals surface area (Å²) in [5, 5.41) is 0. The van der Waals surface area contributed by atoms with Crippen molar-refractivity contribution in [2.45, 2.75) is 104 Å². The van der Waals surface area contributed by atoms with Gasteiger partial charge in [0.1, 0.15) is 18.3 Å². The second kappa shape index (κ2) is 14.8. The van der Waals surface area contributed by atoms with Crippen molar-refractivity contribution in [3.8, 4) is 0 Å². The van der Waals surface area contributed by atoms with Crippen LogP contribution in [0.3, 0.4) is 0 Å². The molecule has 0 N–H and O–H groups in total. The largest absolute Gasteiger partial charge is 0.463 e. The number of Topliss-reactive ketones (excluding diaryl/α,β-unsaturated/α-hetero) is 1. The first-order valence-corrected chi connectivity index (χ1v) is 16.5. The molecule has 3 fully saturated rings. The maximum absolute atomic E-state index is 14.2. The molecular formula is C34H57N5O6. The number of likely N-dealkylation sites (tertiary alicyclic amines) is 1. The number of carbonyl (C=O) groups excluding carboxylic acids is 2. The predicted octanol–water partition coefficient (Wildman–Crippen LogP) is 3.27. The van der Waals surface area contributed by atoms with Crippen LogP contribution in [0.15, 0.2) is 18.7 Å². The Kier molecular flexibility index (Phi) is 11.8. The van der Waals surface area contributed by atoms with Gasteiger partial charge in [0.15, 0.2) is 12.1 Å². The Morgan fingerprint density at radius 1 is 1.04 bits per heavy atom.